The van der Waals surface area contributed by atoms with Crippen LogP contribution in [-0.4, -0.2) is 15.4 Å². The van der Waals surface area contributed by atoms with Gasteiger partial charge in [0.25, 0.3) is 0 Å². The Morgan fingerprint density at radius 2 is 1.89 bits per heavy atom. The number of hydrogen-bond donors (Lipinski definition) is 1. The standard InChI is InChI=1S/C22H22FN3S/c1-14-8-7-11-16(23)19(14)20-21(24-15-9-3-2-4-10-15)26-17-12-5-6-13-18(17)27-22(26)25-20/h5-8,11-13,15,24H,2-4,9-10H2,1H3. The molecular weight excluding hydrogens is 357 g/mol. The van der Waals surface area contributed by atoms with Crippen molar-refractivity contribution >= 4 is 32.3 Å². The predicted octanol–water partition coefficient (Wildman–Crippen LogP) is 6.41. The van der Waals surface area contributed by atoms with Crippen LogP contribution in [0.5, 0.6) is 0 Å². The molecule has 27 heavy (non-hydrogen) atoms. The van der Waals surface area contributed by atoms with Crippen molar-refractivity contribution in [3.05, 3.63) is 53.8 Å². The minimum atomic E-state index is -0.211. The highest BCUT2D eigenvalue weighted by Crippen LogP contribution is 2.39. The summed E-state index contributed by atoms with van der Waals surface area (Å²) in [6.45, 7) is 1.95. The van der Waals surface area contributed by atoms with Crippen LogP contribution in [0.25, 0.3) is 26.4 Å². The molecule has 1 aliphatic rings. The Balaban J connectivity index is 1.75. The van der Waals surface area contributed by atoms with Gasteiger partial charge in [-0.1, -0.05) is 54.9 Å². The lowest BCUT2D eigenvalue weighted by molar-refractivity contribution is 0.462. The van der Waals surface area contributed by atoms with E-state index in [-0.39, 0.29) is 5.82 Å². The molecule has 0 amide bonds. The minimum Gasteiger partial charge on any atom is -0.367 e. The van der Waals surface area contributed by atoms with Gasteiger partial charge in [-0.05, 0) is 43.5 Å². The summed E-state index contributed by atoms with van der Waals surface area (Å²) in [6, 6.07) is 14.0. The second-order valence-corrected chi connectivity index (χ2v) is 8.42. The average Bonchev–Trinajstić information content (AvgIpc) is 3.19. The largest absolute Gasteiger partial charge is 0.367 e. The van der Waals surface area contributed by atoms with Crippen LogP contribution in [0, 0.1) is 12.7 Å². The lowest BCUT2D eigenvalue weighted by Crippen LogP contribution is -2.23. The van der Waals surface area contributed by atoms with Crippen LogP contribution in [-0.2, 0) is 0 Å². The topological polar surface area (TPSA) is 29.3 Å². The number of hydrogen-bond acceptors (Lipinski definition) is 3. The molecule has 0 aliphatic heterocycles. The van der Waals surface area contributed by atoms with Crippen LogP contribution in [0.2, 0.25) is 0 Å². The molecule has 0 radical (unpaired) electrons. The number of aryl methyl sites for hydroxylation is 1. The molecule has 5 heteroatoms. The normalized spacial score (nSPS) is 15.6. The maximum absolute atomic E-state index is 14.8. The summed E-state index contributed by atoms with van der Waals surface area (Å²) < 4.78 is 18.1. The number of benzene rings is 2. The summed E-state index contributed by atoms with van der Waals surface area (Å²) in [5.41, 5.74) is 3.38. The van der Waals surface area contributed by atoms with E-state index in [2.05, 4.69) is 27.9 Å². The number of thiazole rings is 1. The number of aromatic nitrogens is 2. The van der Waals surface area contributed by atoms with Crippen LogP contribution in [0.3, 0.4) is 0 Å². The van der Waals surface area contributed by atoms with Crippen LogP contribution in [0.15, 0.2) is 42.5 Å². The Hall–Kier alpha value is -2.40. The van der Waals surface area contributed by atoms with Gasteiger partial charge in [-0.3, -0.25) is 4.40 Å². The highest BCUT2D eigenvalue weighted by atomic mass is 32.1. The van der Waals surface area contributed by atoms with Gasteiger partial charge in [0.2, 0.25) is 0 Å². The quantitative estimate of drug-likeness (QED) is 0.446. The Bertz CT molecular complexity index is 1100. The zero-order chi connectivity index (χ0) is 18.4. The minimum absolute atomic E-state index is 0.211. The predicted molar refractivity (Wildman–Crippen MR) is 111 cm³/mol. The lowest BCUT2D eigenvalue weighted by Gasteiger charge is -2.24. The summed E-state index contributed by atoms with van der Waals surface area (Å²) in [5.74, 6) is 0.722. The van der Waals surface area contributed by atoms with Gasteiger partial charge in [0.05, 0.1) is 10.2 Å². The van der Waals surface area contributed by atoms with Gasteiger partial charge >= 0.3 is 0 Å². The van der Waals surface area contributed by atoms with Gasteiger partial charge < -0.3 is 5.32 Å². The molecule has 2 heterocycles. The fraction of sp³-hybridized carbons (Fsp3) is 0.318. The number of halogens is 1. The van der Waals surface area contributed by atoms with E-state index in [0.29, 0.717) is 11.6 Å². The monoisotopic (exact) mass is 379 g/mol. The Labute approximate surface area is 161 Å². The van der Waals surface area contributed by atoms with E-state index in [1.54, 1.807) is 17.4 Å². The van der Waals surface area contributed by atoms with Crippen molar-refractivity contribution in [3.63, 3.8) is 0 Å². The SMILES string of the molecule is Cc1cccc(F)c1-c1nc2sc3ccccc3n2c1NC1CCCCC1. The molecule has 4 aromatic rings. The molecule has 0 saturated heterocycles. The third-order valence-corrected chi connectivity index (χ3v) is 6.58. The number of nitrogens with one attached hydrogen (secondary N) is 1. The van der Waals surface area contributed by atoms with Gasteiger partial charge in [-0.2, -0.15) is 0 Å². The lowest BCUT2D eigenvalue weighted by atomic mass is 9.95. The summed E-state index contributed by atoms with van der Waals surface area (Å²) >= 11 is 1.65. The van der Waals surface area contributed by atoms with Gasteiger partial charge in [-0.15, -0.1) is 0 Å². The van der Waals surface area contributed by atoms with Crippen molar-refractivity contribution in [2.45, 2.75) is 45.1 Å². The third kappa shape index (κ3) is 2.81. The van der Waals surface area contributed by atoms with Crippen LogP contribution in [0.1, 0.15) is 37.7 Å². The van der Waals surface area contributed by atoms with Crippen molar-refractivity contribution in [2.24, 2.45) is 0 Å². The molecule has 138 valence electrons. The molecule has 0 spiro atoms. The fourth-order valence-electron chi connectivity index (χ4n) is 4.20. The first-order valence-electron chi connectivity index (χ1n) is 9.64. The number of para-hydroxylation sites is 1. The molecular formula is C22H22FN3S. The molecule has 1 N–H and O–H groups in total. The highest BCUT2D eigenvalue weighted by molar-refractivity contribution is 7.23. The molecule has 0 bridgehead atoms. The van der Waals surface area contributed by atoms with E-state index in [1.165, 1.54) is 30.0 Å². The van der Waals surface area contributed by atoms with E-state index >= 15 is 0 Å². The number of imidazole rings is 1. The first-order valence-corrected chi connectivity index (χ1v) is 10.5. The van der Waals surface area contributed by atoms with E-state index in [4.69, 9.17) is 4.98 Å². The first-order chi connectivity index (χ1) is 13.2. The average molecular weight is 380 g/mol. The van der Waals surface area contributed by atoms with Gasteiger partial charge in [0, 0.05) is 11.6 Å². The molecule has 2 aromatic heterocycles. The molecule has 1 aliphatic carbocycles. The number of nitrogens with zero attached hydrogens (tertiary/aromatic N) is 2. The number of fused-ring (bicyclic) bond motifs is 3. The molecule has 1 saturated carbocycles. The van der Waals surface area contributed by atoms with Crippen molar-refractivity contribution in [1.82, 2.24) is 9.38 Å². The molecule has 3 nitrogen and oxygen atoms in total. The molecule has 1 fully saturated rings. The Morgan fingerprint density at radius 3 is 2.70 bits per heavy atom. The van der Waals surface area contributed by atoms with Crippen LogP contribution in [0.4, 0.5) is 10.2 Å². The molecule has 2 aromatic carbocycles. The van der Waals surface area contributed by atoms with Crippen molar-refractivity contribution in [2.75, 3.05) is 5.32 Å². The van der Waals surface area contributed by atoms with Gasteiger partial charge in [0.15, 0.2) is 4.96 Å². The summed E-state index contributed by atoms with van der Waals surface area (Å²) in [7, 11) is 0. The van der Waals surface area contributed by atoms with E-state index in [9.17, 15) is 4.39 Å². The Kier molecular flexibility index (Phi) is 4.12. The fourth-order valence-corrected chi connectivity index (χ4v) is 5.22. The van der Waals surface area contributed by atoms with Crippen molar-refractivity contribution in [1.29, 1.82) is 0 Å². The Morgan fingerprint density at radius 1 is 1.07 bits per heavy atom. The third-order valence-electron chi connectivity index (χ3n) is 5.56. The maximum atomic E-state index is 14.8. The van der Waals surface area contributed by atoms with E-state index < -0.39 is 0 Å². The van der Waals surface area contributed by atoms with Crippen molar-refractivity contribution < 1.29 is 4.39 Å². The zero-order valence-corrected chi connectivity index (χ0v) is 16.2. The second kappa shape index (κ2) is 6.64. The highest BCUT2D eigenvalue weighted by Gasteiger charge is 2.24. The van der Waals surface area contributed by atoms with Crippen LogP contribution >= 0.6 is 11.3 Å². The second-order valence-electron chi connectivity index (χ2n) is 7.41. The van der Waals surface area contributed by atoms with E-state index in [0.717, 1.165) is 40.4 Å². The molecule has 0 atom stereocenters. The summed E-state index contributed by atoms with van der Waals surface area (Å²) in [4.78, 5) is 5.80. The molecule has 0 unspecified atom stereocenters. The van der Waals surface area contributed by atoms with E-state index in [1.807, 2.05) is 19.1 Å². The molecule has 5 rings (SSSR count). The summed E-state index contributed by atoms with van der Waals surface area (Å²) in [5, 5.41) is 3.74. The maximum Gasteiger partial charge on any atom is 0.197 e. The van der Waals surface area contributed by atoms with Crippen LogP contribution < -0.4 is 5.32 Å². The smallest absolute Gasteiger partial charge is 0.197 e. The first kappa shape index (κ1) is 16.8. The zero-order valence-electron chi connectivity index (χ0n) is 15.3. The number of anilines is 1. The summed E-state index contributed by atoms with van der Waals surface area (Å²) in [6.07, 6.45) is 6.12. The number of rotatable bonds is 3. The van der Waals surface area contributed by atoms with Gasteiger partial charge in [-0.25, -0.2) is 9.37 Å². The van der Waals surface area contributed by atoms with Gasteiger partial charge in [0.1, 0.15) is 17.3 Å². The van der Waals surface area contributed by atoms with Crippen molar-refractivity contribution in [3.8, 4) is 11.3 Å².